The molecule has 96 valence electrons. The SMILES string of the molecule is CN(CC(C)(C)C(C)(C)N)C1CCCCC1. The van der Waals surface area contributed by atoms with E-state index in [1.165, 1.54) is 32.1 Å². The first-order chi connectivity index (χ1) is 7.24. The van der Waals surface area contributed by atoms with Gasteiger partial charge in [-0.3, -0.25) is 0 Å². The molecular formula is C14H30N2. The fourth-order valence-corrected chi connectivity index (χ4v) is 2.48. The van der Waals surface area contributed by atoms with Crippen LogP contribution in [0.4, 0.5) is 0 Å². The molecule has 0 radical (unpaired) electrons. The zero-order chi connectivity index (χ0) is 12.4. The van der Waals surface area contributed by atoms with Crippen LogP contribution in [0.25, 0.3) is 0 Å². The van der Waals surface area contributed by atoms with Crippen molar-refractivity contribution in [3.8, 4) is 0 Å². The van der Waals surface area contributed by atoms with Crippen molar-refractivity contribution >= 4 is 0 Å². The molecule has 16 heavy (non-hydrogen) atoms. The van der Waals surface area contributed by atoms with Gasteiger partial charge < -0.3 is 10.6 Å². The summed E-state index contributed by atoms with van der Waals surface area (Å²) in [7, 11) is 2.27. The van der Waals surface area contributed by atoms with Crippen LogP contribution in [-0.2, 0) is 0 Å². The summed E-state index contributed by atoms with van der Waals surface area (Å²) < 4.78 is 0. The van der Waals surface area contributed by atoms with Crippen LogP contribution in [0.2, 0.25) is 0 Å². The van der Waals surface area contributed by atoms with Crippen LogP contribution in [0, 0.1) is 5.41 Å². The number of rotatable bonds is 4. The van der Waals surface area contributed by atoms with E-state index in [0.29, 0.717) is 0 Å². The highest BCUT2D eigenvalue weighted by atomic mass is 15.1. The summed E-state index contributed by atoms with van der Waals surface area (Å²) in [5, 5.41) is 0. The van der Waals surface area contributed by atoms with E-state index in [4.69, 9.17) is 5.73 Å². The standard InChI is InChI=1S/C14H30N2/c1-13(2,14(3,4)15)11-16(5)12-9-7-6-8-10-12/h12H,6-11,15H2,1-5H3. The Kier molecular flexibility index (Phi) is 4.42. The summed E-state index contributed by atoms with van der Waals surface area (Å²) in [4.78, 5) is 2.54. The Bertz CT molecular complexity index is 209. The minimum atomic E-state index is -0.115. The lowest BCUT2D eigenvalue weighted by molar-refractivity contribution is 0.0881. The van der Waals surface area contributed by atoms with Crippen LogP contribution >= 0.6 is 0 Å². The van der Waals surface area contributed by atoms with Gasteiger partial charge in [-0.2, -0.15) is 0 Å². The van der Waals surface area contributed by atoms with Crippen molar-refractivity contribution in [2.75, 3.05) is 13.6 Å². The molecule has 0 aromatic heterocycles. The summed E-state index contributed by atoms with van der Waals surface area (Å²) in [6, 6.07) is 0.787. The molecule has 2 heteroatoms. The molecule has 1 aliphatic rings. The van der Waals surface area contributed by atoms with Gasteiger partial charge in [-0.05, 0) is 39.2 Å². The lowest BCUT2D eigenvalue weighted by Gasteiger charge is -2.44. The average molecular weight is 226 g/mol. The quantitative estimate of drug-likeness (QED) is 0.798. The lowest BCUT2D eigenvalue weighted by Crippen LogP contribution is -2.54. The molecule has 0 bridgehead atoms. The molecule has 0 saturated heterocycles. The van der Waals surface area contributed by atoms with Gasteiger partial charge >= 0.3 is 0 Å². The van der Waals surface area contributed by atoms with E-state index in [0.717, 1.165) is 12.6 Å². The zero-order valence-corrected chi connectivity index (χ0v) is 11.8. The lowest BCUT2D eigenvalue weighted by atomic mass is 9.74. The van der Waals surface area contributed by atoms with Crippen molar-refractivity contribution < 1.29 is 0 Å². The van der Waals surface area contributed by atoms with Crippen molar-refractivity contribution in [2.24, 2.45) is 11.1 Å². The van der Waals surface area contributed by atoms with Gasteiger partial charge in [-0.25, -0.2) is 0 Å². The average Bonchev–Trinajstić information content (AvgIpc) is 2.16. The molecule has 0 amide bonds. The van der Waals surface area contributed by atoms with Crippen LogP contribution in [0.5, 0.6) is 0 Å². The zero-order valence-electron chi connectivity index (χ0n) is 11.8. The van der Waals surface area contributed by atoms with Gasteiger partial charge in [-0.15, -0.1) is 0 Å². The van der Waals surface area contributed by atoms with Crippen molar-refractivity contribution in [1.29, 1.82) is 0 Å². The van der Waals surface area contributed by atoms with Gasteiger partial charge in [0.05, 0.1) is 0 Å². The third-order valence-electron chi connectivity index (χ3n) is 4.59. The van der Waals surface area contributed by atoms with Crippen LogP contribution in [-0.4, -0.2) is 30.1 Å². The maximum Gasteiger partial charge on any atom is 0.0161 e. The number of hydrogen-bond donors (Lipinski definition) is 1. The van der Waals surface area contributed by atoms with Crippen LogP contribution in [0.15, 0.2) is 0 Å². The molecule has 1 rings (SSSR count). The first-order valence-corrected chi connectivity index (χ1v) is 6.73. The van der Waals surface area contributed by atoms with Gasteiger partial charge in [0, 0.05) is 18.1 Å². The van der Waals surface area contributed by atoms with Gasteiger partial charge in [-0.1, -0.05) is 33.1 Å². The smallest absolute Gasteiger partial charge is 0.0161 e. The summed E-state index contributed by atoms with van der Waals surface area (Å²) >= 11 is 0. The van der Waals surface area contributed by atoms with Crippen molar-refractivity contribution in [2.45, 2.75) is 71.4 Å². The van der Waals surface area contributed by atoms with Crippen molar-refractivity contribution in [3.63, 3.8) is 0 Å². The summed E-state index contributed by atoms with van der Waals surface area (Å²) in [5.74, 6) is 0. The van der Waals surface area contributed by atoms with Crippen LogP contribution in [0.1, 0.15) is 59.8 Å². The fourth-order valence-electron chi connectivity index (χ4n) is 2.48. The first-order valence-electron chi connectivity index (χ1n) is 6.73. The molecule has 1 aliphatic carbocycles. The van der Waals surface area contributed by atoms with E-state index >= 15 is 0 Å². The second-order valence-electron chi connectivity index (χ2n) is 6.81. The van der Waals surface area contributed by atoms with Crippen molar-refractivity contribution in [3.05, 3.63) is 0 Å². The maximum atomic E-state index is 6.26. The van der Waals surface area contributed by atoms with E-state index in [1.807, 2.05) is 0 Å². The van der Waals surface area contributed by atoms with E-state index in [-0.39, 0.29) is 11.0 Å². The highest BCUT2D eigenvalue weighted by Gasteiger charge is 2.35. The molecule has 1 saturated carbocycles. The predicted molar refractivity (Wildman–Crippen MR) is 71.6 cm³/mol. The Hall–Kier alpha value is -0.0800. The number of nitrogens with zero attached hydrogens (tertiary/aromatic N) is 1. The highest BCUT2D eigenvalue weighted by molar-refractivity contribution is 4.93. The minimum Gasteiger partial charge on any atom is -0.325 e. The van der Waals surface area contributed by atoms with Gasteiger partial charge in [0.2, 0.25) is 0 Å². The van der Waals surface area contributed by atoms with E-state index in [9.17, 15) is 0 Å². The summed E-state index contributed by atoms with van der Waals surface area (Å²) in [5.41, 5.74) is 6.32. The third-order valence-corrected chi connectivity index (χ3v) is 4.59. The summed E-state index contributed by atoms with van der Waals surface area (Å²) in [6.45, 7) is 9.95. The number of nitrogens with two attached hydrogens (primary N) is 1. The van der Waals surface area contributed by atoms with E-state index in [2.05, 4.69) is 39.6 Å². The normalized spacial score (nSPS) is 20.4. The molecule has 1 fully saturated rings. The first kappa shape index (κ1) is 14.0. The maximum absolute atomic E-state index is 6.26. The largest absolute Gasteiger partial charge is 0.325 e. The molecule has 0 spiro atoms. The molecule has 0 heterocycles. The van der Waals surface area contributed by atoms with Gasteiger partial charge in [0.25, 0.3) is 0 Å². The molecule has 2 N–H and O–H groups in total. The highest BCUT2D eigenvalue weighted by Crippen LogP contribution is 2.31. The molecule has 0 aromatic rings. The van der Waals surface area contributed by atoms with Crippen LogP contribution < -0.4 is 5.73 Å². The molecule has 0 atom stereocenters. The fraction of sp³-hybridized carbons (Fsp3) is 1.00. The second kappa shape index (κ2) is 5.05. The minimum absolute atomic E-state index is 0.115. The van der Waals surface area contributed by atoms with E-state index in [1.54, 1.807) is 0 Å². The number of hydrogen-bond acceptors (Lipinski definition) is 2. The molecule has 0 aliphatic heterocycles. The van der Waals surface area contributed by atoms with Gasteiger partial charge in [0.1, 0.15) is 0 Å². The molecule has 0 unspecified atom stereocenters. The molecule has 0 aromatic carbocycles. The Morgan fingerprint density at radius 2 is 1.56 bits per heavy atom. The summed E-state index contributed by atoms with van der Waals surface area (Å²) in [6.07, 6.45) is 6.98. The molecular weight excluding hydrogens is 196 g/mol. The van der Waals surface area contributed by atoms with E-state index < -0.39 is 0 Å². The second-order valence-corrected chi connectivity index (χ2v) is 6.81. The Morgan fingerprint density at radius 1 is 1.06 bits per heavy atom. The Balaban J connectivity index is 2.52. The predicted octanol–water partition coefficient (Wildman–Crippen LogP) is 3.01. The van der Waals surface area contributed by atoms with Crippen molar-refractivity contribution in [1.82, 2.24) is 4.90 Å². The van der Waals surface area contributed by atoms with Crippen LogP contribution in [0.3, 0.4) is 0 Å². The monoisotopic (exact) mass is 226 g/mol. The Morgan fingerprint density at radius 3 is 2.00 bits per heavy atom. The molecule has 2 nitrogen and oxygen atoms in total. The third kappa shape index (κ3) is 3.46. The Labute approximate surface area is 102 Å². The van der Waals surface area contributed by atoms with Gasteiger partial charge in [0.15, 0.2) is 0 Å². The topological polar surface area (TPSA) is 29.3 Å².